The fourth-order valence-corrected chi connectivity index (χ4v) is 0.529. The highest BCUT2D eigenvalue weighted by Crippen LogP contribution is 2.17. The van der Waals surface area contributed by atoms with E-state index in [0.29, 0.717) is 13.2 Å². The topological polar surface area (TPSA) is 21.3 Å². The lowest BCUT2D eigenvalue weighted by molar-refractivity contribution is -0.133. The van der Waals surface area contributed by atoms with E-state index in [2.05, 4.69) is 10.1 Å². The van der Waals surface area contributed by atoms with Crippen LogP contribution in [0.25, 0.3) is 0 Å². The summed E-state index contributed by atoms with van der Waals surface area (Å²) in [6.45, 7) is 0.872. The van der Waals surface area contributed by atoms with Gasteiger partial charge < -0.3 is 10.1 Å². The molecule has 2 nitrogen and oxygen atoms in total. The van der Waals surface area contributed by atoms with Gasteiger partial charge in [0.15, 0.2) is 0 Å². The summed E-state index contributed by atoms with van der Waals surface area (Å²) >= 11 is 0. The number of hydrogen-bond acceptors (Lipinski definition) is 2. The Morgan fingerprint density at radius 2 is 1.91 bits per heavy atom. The maximum Gasteiger partial charge on any atom is 0.390 e. The summed E-state index contributed by atoms with van der Waals surface area (Å²) in [5, 5.41) is 2.60. The van der Waals surface area contributed by atoms with Crippen LogP contribution >= 0.6 is 0 Å². The van der Waals surface area contributed by atoms with Gasteiger partial charge in [-0.2, -0.15) is 13.2 Å². The van der Waals surface area contributed by atoms with Crippen LogP contribution in [0.4, 0.5) is 13.2 Å². The van der Waals surface area contributed by atoms with Gasteiger partial charge in [-0.1, -0.05) is 0 Å². The van der Waals surface area contributed by atoms with Gasteiger partial charge in [-0.3, -0.25) is 0 Å². The molecule has 0 amide bonds. The van der Waals surface area contributed by atoms with Crippen LogP contribution in [0, 0.1) is 0 Å². The molecular formula is C6H12F3NO. The van der Waals surface area contributed by atoms with E-state index < -0.39 is 12.6 Å². The van der Waals surface area contributed by atoms with Gasteiger partial charge in [-0.15, -0.1) is 0 Å². The van der Waals surface area contributed by atoms with Gasteiger partial charge in [-0.25, -0.2) is 0 Å². The molecular weight excluding hydrogens is 159 g/mol. The molecule has 0 unspecified atom stereocenters. The van der Waals surface area contributed by atoms with Crippen molar-refractivity contribution >= 4 is 0 Å². The van der Waals surface area contributed by atoms with Gasteiger partial charge in [0.2, 0.25) is 0 Å². The summed E-state index contributed by atoms with van der Waals surface area (Å²) < 4.78 is 39.1. The second-order valence-electron chi connectivity index (χ2n) is 2.11. The molecule has 0 heterocycles. The Balaban J connectivity index is 3.02. The highest BCUT2D eigenvalue weighted by molar-refractivity contribution is 4.53. The molecule has 11 heavy (non-hydrogen) atoms. The molecule has 0 aromatic heterocycles. The first kappa shape index (κ1) is 10.7. The Morgan fingerprint density at radius 1 is 1.27 bits per heavy atom. The molecule has 0 fully saturated rings. The largest absolute Gasteiger partial charge is 0.390 e. The fourth-order valence-electron chi connectivity index (χ4n) is 0.529. The molecule has 0 saturated carbocycles. The highest BCUT2D eigenvalue weighted by atomic mass is 19.4. The van der Waals surface area contributed by atoms with Crippen LogP contribution in [0.1, 0.15) is 6.42 Å². The lowest BCUT2D eigenvalue weighted by Gasteiger charge is -2.06. The average Bonchev–Trinajstić information content (AvgIpc) is 1.85. The molecule has 68 valence electrons. The standard InChI is InChI=1S/C6H12F3NO/c1-11-5-4-10-3-2-6(7,8)9/h10H,2-5H2,1H3. The van der Waals surface area contributed by atoms with Crippen LogP contribution in [0.5, 0.6) is 0 Å². The molecule has 0 bridgehead atoms. The monoisotopic (exact) mass is 171 g/mol. The van der Waals surface area contributed by atoms with Crippen molar-refractivity contribution in [3.63, 3.8) is 0 Å². The van der Waals surface area contributed by atoms with Crippen molar-refractivity contribution in [2.24, 2.45) is 0 Å². The number of methoxy groups -OCH3 is 1. The van der Waals surface area contributed by atoms with Crippen molar-refractivity contribution in [3.05, 3.63) is 0 Å². The van der Waals surface area contributed by atoms with Crippen molar-refractivity contribution in [1.82, 2.24) is 5.32 Å². The van der Waals surface area contributed by atoms with E-state index in [1.54, 1.807) is 0 Å². The van der Waals surface area contributed by atoms with Crippen LogP contribution in [-0.4, -0.2) is 33.0 Å². The zero-order chi connectivity index (χ0) is 8.74. The van der Waals surface area contributed by atoms with E-state index in [9.17, 15) is 13.2 Å². The molecule has 0 saturated heterocycles. The van der Waals surface area contributed by atoms with Crippen molar-refractivity contribution in [2.45, 2.75) is 12.6 Å². The number of halogens is 3. The molecule has 5 heteroatoms. The number of hydrogen-bond donors (Lipinski definition) is 1. The summed E-state index contributed by atoms with van der Waals surface area (Å²) in [5.74, 6) is 0. The molecule has 0 spiro atoms. The molecule has 0 aliphatic heterocycles. The third kappa shape index (κ3) is 9.71. The molecule has 0 aliphatic carbocycles. The van der Waals surface area contributed by atoms with E-state index in [-0.39, 0.29) is 6.54 Å². The number of nitrogens with one attached hydrogen (secondary N) is 1. The second-order valence-corrected chi connectivity index (χ2v) is 2.11. The van der Waals surface area contributed by atoms with Crippen molar-refractivity contribution in [2.75, 3.05) is 26.8 Å². The third-order valence-electron chi connectivity index (χ3n) is 1.07. The zero-order valence-electron chi connectivity index (χ0n) is 6.37. The fraction of sp³-hybridized carbons (Fsp3) is 1.00. The normalized spacial score (nSPS) is 12.0. The Labute approximate surface area is 63.7 Å². The van der Waals surface area contributed by atoms with Gasteiger partial charge in [0.25, 0.3) is 0 Å². The average molecular weight is 171 g/mol. The SMILES string of the molecule is COCCNCCC(F)(F)F. The zero-order valence-corrected chi connectivity index (χ0v) is 6.37. The van der Waals surface area contributed by atoms with Crippen LogP contribution in [-0.2, 0) is 4.74 Å². The smallest absolute Gasteiger partial charge is 0.383 e. The Bertz CT molecular complexity index is 94.3. The summed E-state index contributed by atoms with van der Waals surface area (Å²) in [7, 11) is 1.51. The highest BCUT2D eigenvalue weighted by Gasteiger charge is 2.25. The van der Waals surface area contributed by atoms with Crippen molar-refractivity contribution in [3.8, 4) is 0 Å². The lowest BCUT2D eigenvalue weighted by atomic mass is 10.4. The van der Waals surface area contributed by atoms with Gasteiger partial charge >= 0.3 is 6.18 Å². The first-order valence-corrected chi connectivity index (χ1v) is 3.32. The first-order chi connectivity index (χ1) is 5.06. The summed E-state index contributed by atoms with van der Waals surface area (Å²) in [4.78, 5) is 0. The Hall–Kier alpha value is -0.290. The van der Waals surface area contributed by atoms with E-state index in [4.69, 9.17) is 0 Å². The van der Waals surface area contributed by atoms with Gasteiger partial charge in [0.05, 0.1) is 13.0 Å². The van der Waals surface area contributed by atoms with Crippen molar-refractivity contribution in [1.29, 1.82) is 0 Å². The predicted molar refractivity (Wildman–Crippen MR) is 35.4 cm³/mol. The summed E-state index contributed by atoms with van der Waals surface area (Å²) in [6.07, 6.45) is -4.84. The maximum absolute atomic E-state index is 11.5. The minimum Gasteiger partial charge on any atom is -0.383 e. The van der Waals surface area contributed by atoms with E-state index >= 15 is 0 Å². The molecule has 0 rings (SSSR count). The van der Waals surface area contributed by atoms with Crippen LogP contribution < -0.4 is 5.32 Å². The van der Waals surface area contributed by atoms with Crippen LogP contribution in [0.3, 0.4) is 0 Å². The van der Waals surface area contributed by atoms with E-state index in [0.717, 1.165) is 0 Å². The number of rotatable bonds is 5. The molecule has 0 atom stereocenters. The number of alkyl halides is 3. The van der Waals surface area contributed by atoms with Crippen LogP contribution in [0.2, 0.25) is 0 Å². The molecule has 0 aromatic rings. The third-order valence-corrected chi connectivity index (χ3v) is 1.07. The van der Waals surface area contributed by atoms with Gasteiger partial charge in [0, 0.05) is 20.2 Å². The van der Waals surface area contributed by atoms with Crippen molar-refractivity contribution < 1.29 is 17.9 Å². The number of ether oxygens (including phenoxy) is 1. The first-order valence-electron chi connectivity index (χ1n) is 3.32. The van der Waals surface area contributed by atoms with Crippen LogP contribution in [0.15, 0.2) is 0 Å². The van der Waals surface area contributed by atoms with E-state index in [1.807, 2.05) is 0 Å². The molecule has 1 N–H and O–H groups in total. The Morgan fingerprint density at radius 3 is 2.36 bits per heavy atom. The second kappa shape index (κ2) is 5.37. The Kier molecular flexibility index (Phi) is 5.23. The van der Waals surface area contributed by atoms with Gasteiger partial charge in [-0.05, 0) is 0 Å². The van der Waals surface area contributed by atoms with E-state index in [1.165, 1.54) is 7.11 Å². The molecule has 0 radical (unpaired) electrons. The minimum atomic E-state index is -4.06. The summed E-state index contributed by atoms with van der Waals surface area (Å²) in [6, 6.07) is 0. The molecule has 0 aliphatic rings. The quantitative estimate of drug-likeness (QED) is 0.627. The maximum atomic E-state index is 11.5. The minimum absolute atomic E-state index is 0.0349. The molecule has 0 aromatic carbocycles. The predicted octanol–water partition coefficient (Wildman–Crippen LogP) is 1.17. The summed E-state index contributed by atoms with van der Waals surface area (Å²) in [5.41, 5.74) is 0. The lowest BCUT2D eigenvalue weighted by Crippen LogP contribution is -2.24. The van der Waals surface area contributed by atoms with Gasteiger partial charge in [0.1, 0.15) is 0 Å².